The monoisotopic (exact) mass is 555 g/mol. The fraction of sp³-hybridized carbons (Fsp3) is 0.500. The number of nitrogens with zero attached hydrogens (tertiary/aromatic N) is 1. The van der Waals surface area contributed by atoms with Gasteiger partial charge in [-0.15, -0.1) is 0 Å². The van der Waals surface area contributed by atoms with Crippen molar-refractivity contribution < 1.29 is 35.9 Å². The predicted molar refractivity (Wildman–Crippen MR) is 134 cm³/mol. The van der Waals surface area contributed by atoms with E-state index in [0.29, 0.717) is 50.9 Å². The van der Waals surface area contributed by atoms with Crippen molar-refractivity contribution in [1.82, 2.24) is 4.90 Å². The number of carbonyl (C=O) groups is 2. The Kier molecular flexibility index (Phi) is 8.30. The highest BCUT2D eigenvalue weighted by Crippen LogP contribution is 2.40. The fourth-order valence-electron chi connectivity index (χ4n) is 5.92. The number of amides is 2. The van der Waals surface area contributed by atoms with Gasteiger partial charge in [0, 0.05) is 18.2 Å². The Morgan fingerprint density at radius 3 is 1.90 bits per heavy atom. The van der Waals surface area contributed by atoms with E-state index in [1.165, 1.54) is 0 Å². The Morgan fingerprint density at radius 1 is 0.872 bits per heavy atom. The van der Waals surface area contributed by atoms with Crippen molar-refractivity contribution in [3.8, 4) is 0 Å². The average Bonchev–Trinajstić information content (AvgIpc) is 2.88. The molecule has 0 radical (unpaired) electrons. The molecule has 1 aliphatic heterocycles. The molecule has 2 fully saturated rings. The molecule has 1 heterocycles. The van der Waals surface area contributed by atoms with E-state index in [0.717, 1.165) is 18.4 Å². The smallest absolute Gasteiger partial charge is 0.369 e. The van der Waals surface area contributed by atoms with Crippen LogP contribution in [0.2, 0.25) is 0 Å². The van der Waals surface area contributed by atoms with Gasteiger partial charge in [-0.25, -0.2) is 0 Å². The van der Waals surface area contributed by atoms with Crippen LogP contribution in [-0.2, 0) is 27.4 Å². The van der Waals surface area contributed by atoms with E-state index in [4.69, 9.17) is 5.73 Å². The minimum atomic E-state index is -4.98. The van der Waals surface area contributed by atoms with E-state index < -0.39 is 40.5 Å². The van der Waals surface area contributed by atoms with Crippen molar-refractivity contribution in [1.29, 1.82) is 0 Å². The number of anilines is 1. The lowest BCUT2D eigenvalue weighted by atomic mass is 9.71. The third-order valence-corrected chi connectivity index (χ3v) is 8.13. The second-order valence-electron chi connectivity index (χ2n) is 10.6. The molecule has 0 atom stereocenters. The highest BCUT2D eigenvalue weighted by Gasteiger charge is 2.43. The molecule has 3 N–H and O–H groups in total. The van der Waals surface area contributed by atoms with Gasteiger partial charge in [0.25, 0.3) is 0 Å². The Labute approximate surface area is 222 Å². The molecule has 2 aromatic carbocycles. The van der Waals surface area contributed by atoms with Gasteiger partial charge >= 0.3 is 12.4 Å². The summed E-state index contributed by atoms with van der Waals surface area (Å²) in [4.78, 5) is 27.3. The van der Waals surface area contributed by atoms with Crippen molar-refractivity contribution in [2.75, 3.05) is 18.4 Å². The van der Waals surface area contributed by atoms with E-state index in [1.807, 2.05) is 30.3 Å². The summed E-state index contributed by atoms with van der Waals surface area (Å²) in [5.74, 6) is -0.961. The summed E-state index contributed by atoms with van der Waals surface area (Å²) >= 11 is 0. The van der Waals surface area contributed by atoms with Gasteiger partial charge in [0.1, 0.15) is 0 Å². The number of piperidine rings is 1. The number of likely N-dealkylation sites (tertiary alicyclic amines) is 1. The van der Waals surface area contributed by atoms with Crippen LogP contribution < -0.4 is 11.1 Å². The number of rotatable bonds is 6. The predicted octanol–water partition coefficient (Wildman–Crippen LogP) is 6.13. The van der Waals surface area contributed by atoms with Crippen molar-refractivity contribution in [3.63, 3.8) is 0 Å². The molecule has 0 spiro atoms. The number of halogens is 6. The summed E-state index contributed by atoms with van der Waals surface area (Å²) in [6.07, 6.45) is -5.66. The number of hydrogen-bond acceptors (Lipinski definition) is 3. The second kappa shape index (κ2) is 11.2. The van der Waals surface area contributed by atoms with Crippen LogP contribution in [0.1, 0.15) is 61.6 Å². The van der Waals surface area contributed by atoms with E-state index in [2.05, 4.69) is 10.2 Å². The first-order valence-electron chi connectivity index (χ1n) is 13.0. The van der Waals surface area contributed by atoms with Crippen molar-refractivity contribution >= 4 is 17.5 Å². The Bertz CT molecular complexity index is 1130. The third-order valence-electron chi connectivity index (χ3n) is 8.13. The van der Waals surface area contributed by atoms with Crippen LogP contribution in [0, 0.1) is 5.92 Å². The molecular formula is C28H31F6N3O2. The van der Waals surface area contributed by atoms with Crippen molar-refractivity contribution in [2.45, 2.75) is 68.8 Å². The number of primary amides is 1. The lowest BCUT2D eigenvalue weighted by molar-refractivity contribution is -0.143. The van der Waals surface area contributed by atoms with E-state index in [9.17, 15) is 35.9 Å². The van der Waals surface area contributed by atoms with Crippen LogP contribution in [0.4, 0.5) is 32.0 Å². The summed E-state index contributed by atoms with van der Waals surface area (Å²) in [6, 6.07) is 10.9. The van der Waals surface area contributed by atoms with Crippen molar-refractivity contribution in [3.05, 3.63) is 65.2 Å². The normalized spacial score (nSPS) is 22.3. The van der Waals surface area contributed by atoms with Crippen molar-refractivity contribution in [2.24, 2.45) is 11.7 Å². The molecule has 2 aromatic rings. The van der Waals surface area contributed by atoms with Crippen LogP contribution in [0.5, 0.6) is 0 Å². The van der Waals surface area contributed by atoms with Gasteiger partial charge in [0.05, 0.1) is 16.5 Å². The van der Waals surface area contributed by atoms with Gasteiger partial charge in [0.2, 0.25) is 11.8 Å². The first-order chi connectivity index (χ1) is 18.3. The molecule has 0 aromatic heterocycles. The first kappa shape index (κ1) is 28.9. The Hall–Kier alpha value is -3.08. The molecule has 2 aliphatic rings. The van der Waals surface area contributed by atoms with E-state index in [-0.39, 0.29) is 30.4 Å². The molecule has 0 bridgehead atoms. The van der Waals surface area contributed by atoms with Gasteiger partial charge in [-0.1, -0.05) is 30.3 Å². The number of alkyl halides is 6. The maximum Gasteiger partial charge on any atom is 0.416 e. The second-order valence-corrected chi connectivity index (χ2v) is 10.6. The standard InChI is InChI=1S/C28H31F6N3O2/c29-27(30,31)20-15-21(28(32,33)34)17-22(16-20)36-24(38)14-18-6-8-23(9-7-18)37-12-10-26(11-13-37,25(35)39)19-4-2-1-3-5-19/h1-5,15-18,23H,6-14H2,(H2,35,39)(H,36,38). The summed E-state index contributed by atoms with van der Waals surface area (Å²) < 4.78 is 78.6. The summed E-state index contributed by atoms with van der Waals surface area (Å²) in [6.45, 7) is 1.43. The van der Waals surface area contributed by atoms with Crippen LogP contribution in [0.15, 0.2) is 48.5 Å². The first-order valence-corrected chi connectivity index (χ1v) is 13.0. The molecule has 39 heavy (non-hydrogen) atoms. The van der Waals surface area contributed by atoms with Gasteiger partial charge in [-0.3, -0.25) is 9.59 Å². The molecule has 1 aliphatic carbocycles. The Morgan fingerprint density at radius 2 is 1.41 bits per heavy atom. The molecule has 4 rings (SSSR count). The molecule has 11 heteroatoms. The fourth-order valence-corrected chi connectivity index (χ4v) is 5.92. The topological polar surface area (TPSA) is 75.4 Å². The summed E-state index contributed by atoms with van der Waals surface area (Å²) in [5.41, 5.74) is 2.60. The minimum absolute atomic E-state index is 0.0170. The molecule has 0 unspecified atom stereocenters. The molecular weight excluding hydrogens is 524 g/mol. The zero-order valence-corrected chi connectivity index (χ0v) is 21.2. The number of nitrogens with one attached hydrogen (secondary N) is 1. The van der Waals surface area contributed by atoms with Crippen LogP contribution >= 0.6 is 0 Å². The van der Waals surface area contributed by atoms with Crippen LogP contribution in [-0.4, -0.2) is 35.8 Å². The lowest BCUT2D eigenvalue weighted by Gasteiger charge is -2.44. The Balaban J connectivity index is 1.31. The number of hydrogen-bond donors (Lipinski definition) is 2. The van der Waals surface area contributed by atoms with E-state index >= 15 is 0 Å². The molecule has 1 saturated heterocycles. The molecule has 5 nitrogen and oxygen atoms in total. The van der Waals surface area contributed by atoms with Gasteiger partial charge in [0.15, 0.2) is 0 Å². The summed E-state index contributed by atoms with van der Waals surface area (Å²) in [5, 5.41) is 2.23. The minimum Gasteiger partial charge on any atom is -0.369 e. The zero-order valence-electron chi connectivity index (χ0n) is 21.2. The zero-order chi connectivity index (χ0) is 28.4. The van der Waals surface area contributed by atoms with Gasteiger partial charge in [-0.05, 0) is 81.3 Å². The molecule has 1 saturated carbocycles. The average molecular weight is 556 g/mol. The SMILES string of the molecule is NC(=O)C1(c2ccccc2)CCN(C2CCC(CC(=O)Nc3cc(C(F)(F)F)cc(C(F)(F)F)c3)CC2)CC1. The van der Waals surface area contributed by atoms with Crippen LogP contribution in [0.3, 0.4) is 0 Å². The third kappa shape index (κ3) is 6.74. The molecule has 212 valence electrons. The highest BCUT2D eigenvalue weighted by atomic mass is 19.4. The largest absolute Gasteiger partial charge is 0.416 e. The number of benzene rings is 2. The van der Waals surface area contributed by atoms with Crippen LogP contribution in [0.25, 0.3) is 0 Å². The van der Waals surface area contributed by atoms with Gasteiger partial charge < -0.3 is 16.0 Å². The lowest BCUT2D eigenvalue weighted by Crippen LogP contribution is -2.52. The highest BCUT2D eigenvalue weighted by molar-refractivity contribution is 5.91. The quantitative estimate of drug-likeness (QED) is 0.421. The molecule has 2 amide bonds. The maximum absolute atomic E-state index is 13.1. The van der Waals surface area contributed by atoms with Gasteiger partial charge in [-0.2, -0.15) is 26.3 Å². The number of nitrogens with two attached hydrogens (primary N) is 1. The maximum atomic E-state index is 13.1. The number of carbonyl (C=O) groups excluding carboxylic acids is 2. The van der Waals surface area contributed by atoms with E-state index in [1.54, 1.807) is 0 Å². The summed E-state index contributed by atoms with van der Waals surface area (Å²) in [7, 11) is 0.